The van der Waals surface area contributed by atoms with Gasteiger partial charge in [0.05, 0.1) is 10.4 Å². The van der Waals surface area contributed by atoms with Gasteiger partial charge in [0.15, 0.2) is 0 Å². The molecule has 2 heterocycles. The number of thiophene rings is 1. The van der Waals surface area contributed by atoms with Gasteiger partial charge in [-0.05, 0) is 36.1 Å². The summed E-state index contributed by atoms with van der Waals surface area (Å²) in [7, 11) is 1.77. The molecule has 5 heteroatoms. The molecule has 0 bridgehead atoms. The highest BCUT2D eigenvalue weighted by Crippen LogP contribution is 2.16. The summed E-state index contributed by atoms with van der Waals surface area (Å²) in [6.07, 6.45) is 1.68. The summed E-state index contributed by atoms with van der Waals surface area (Å²) >= 11 is 1.51. The largest absolute Gasteiger partial charge is 0.384 e. The van der Waals surface area contributed by atoms with Crippen molar-refractivity contribution < 1.29 is 9.90 Å². The molecule has 0 atom stereocenters. The van der Waals surface area contributed by atoms with Crippen LogP contribution < -0.4 is 0 Å². The fraction of sp³-hybridized carbons (Fsp3) is 0.250. The van der Waals surface area contributed by atoms with Crippen LogP contribution in [-0.2, 0) is 6.54 Å². The van der Waals surface area contributed by atoms with Crippen molar-refractivity contribution in [3.63, 3.8) is 0 Å². The first-order valence-electron chi connectivity index (χ1n) is 6.46. The van der Waals surface area contributed by atoms with E-state index in [9.17, 15) is 4.79 Å². The van der Waals surface area contributed by atoms with Crippen molar-refractivity contribution in [3.8, 4) is 11.8 Å². The van der Waals surface area contributed by atoms with Crippen molar-refractivity contribution in [2.45, 2.75) is 13.5 Å². The van der Waals surface area contributed by atoms with Crippen molar-refractivity contribution in [1.29, 1.82) is 0 Å². The number of aliphatic hydroxyl groups excluding tert-OH is 1. The summed E-state index contributed by atoms with van der Waals surface area (Å²) in [5.41, 5.74) is 2.38. The van der Waals surface area contributed by atoms with Crippen molar-refractivity contribution in [2.24, 2.45) is 0 Å². The summed E-state index contributed by atoms with van der Waals surface area (Å²) in [5, 5.41) is 10.7. The fourth-order valence-electron chi connectivity index (χ4n) is 1.91. The van der Waals surface area contributed by atoms with Gasteiger partial charge in [0, 0.05) is 25.5 Å². The molecule has 0 unspecified atom stereocenters. The van der Waals surface area contributed by atoms with Crippen LogP contribution in [0.2, 0.25) is 0 Å². The average molecular weight is 300 g/mol. The molecule has 0 spiro atoms. The minimum Gasteiger partial charge on any atom is -0.384 e. The molecule has 4 nitrogen and oxygen atoms in total. The SMILES string of the molecule is Cc1ncccc1C(=O)N(C)Cc1csc(C#CCO)c1. The van der Waals surface area contributed by atoms with Crippen LogP contribution in [0.5, 0.6) is 0 Å². The zero-order valence-electron chi connectivity index (χ0n) is 12.0. The Morgan fingerprint density at radius 2 is 2.33 bits per heavy atom. The Balaban J connectivity index is 2.07. The number of hydrogen-bond acceptors (Lipinski definition) is 4. The summed E-state index contributed by atoms with van der Waals surface area (Å²) in [6.45, 7) is 2.20. The highest BCUT2D eigenvalue weighted by Gasteiger charge is 2.15. The van der Waals surface area contributed by atoms with Gasteiger partial charge in [0.2, 0.25) is 0 Å². The van der Waals surface area contributed by atoms with Crippen LogP contribution in [-0.4, -0.2) is 34.6 Å². The molecule has 2 aromatic heterocycles. The standard InChI is InChI=1S/C16H16N2O2S/c1-12-15(6-3-7-17-12)16(20)18(2)10-13-9-14(21-11-13)5-4-8-19/h3,6-7,9,11,19H,8,10H2,1-2H3. The van der Waals surface area contributed by atoms with Gasteiger partial charge >= 0.3 is 0 Å². The molecule has 0 saturated heterocycles. The molecule has 108 valence electrons. The summed E-state index contributed by atoms with van der Waals surface area (Å²) in [4.78, 5) is 19.1. The fourth-order valence-corrected chi connectivity index (χ4v) is 2.68. The number of nitrogens with zero attached hydrogens (tertiary/aromatic N) is 2. The van der Waals surface area contributed by atoms with Gasteiger partial charge in [0.1, 0.15) is 6.61 Å². The van der Waals surface area contributed by atoms with E-state index in [1.807, 2.05) is 18.4 Å². The third-order valence-electron chi connectivity index (χ3n) is 2.95. The zero-order chi connectivity index (χ0) is 15.2. The lowest BCUT2D eigenvalue weighted by Crippen LogP contribution is -2.26. The van der Waals surface area contributed by atoms with Gasteiger partial charge < -0.3 is 10.0 Å². The van der Waals surface area contributed by atoms with Gasteiger partial charge in [0.25, 0.3) is 5.91 Å². The second-order valence-corrected chi connectivity index (χ2v) is 5.49. The Morgan fingerprint density at radius 3 is 3.05 bits per heavy atom. The third-order valence-corrected chi connectivity index (χ3v) is 3.84. The Labute approximate surface area is 128 Å². The summed E-state index contributed by atoms with van der Waals surface area (Å²) < 4.78 is 0. The van der Waals surface area contributed by atoms with Gasteiger partial charge in [-0.15, -0.1) is 11.3 Å². The second kappa shape index (κ2) is 7.02. The zero-order valence-corrected chi connectivity index (χ0v) is 12.8. The molecule has 0 aromatic carbocycles. The first kappa shape index (κ1) is 15.2. The van der Waals surface area contributed by atoms with Crippen molar-refractivity contribution in [2.75, 3.05) is 13.7 Å². The number of pyridine rings is 1. The van der Waals surface area contributed by atoms with E-state index < -0.39 is 0 Å². The molecule has 1 N–H and O–H groups in total. The quantitative estimate of drug-likeness (QED) is 0.883. The normalized spacial score (nSPS) is 9.86. The Bertz CT molecular complexity index is 698. The highest BCUT2D eigenvalue weighted by atomic mass is 32.1. The third kappa shape index (κ3) is 3.91. The van der Waals surface area contributed by atoms with E-state index in [-0.39, 0.29) is 12.5 Å². The minimum atomic E-state index is -0.147. The van der Waals surface area contributed by atoms with E-state index in [0.29, 0.717) is 12.1 Å². The highest BCUT2D eigenvalue weighted by molar-refractivity contribution is 7.10. The van der Waals surface area contributed by atoms with E-state index >= 15 is 0 Å². The van der Waals surface area contributed by atoms with Crippen LogP contribution in [0.3, 0.4) is 0 Å². The van der Waals surface area contributed by atoms with E-state index in [1.54, 1.807) is 30.3 Å². The Kier molecular flexibility index (Phi) is 5.09. The van der Waals surface area contributed by atoms with E-state index in [0.717, 1.165) is 16.1 Å². The Morgan fingerprint density at radius 1 is 1.52 bits per heavy atom. The second-order valence-electron chi connectivity index (χ2n) is 4.58. The first-order chi connectivity index (χ1) is 10.1. The van der Waals surface area contributed by atoms with E-state index in [2.05, 4.69) is 16.8 Å². The smallest absolute Gasteiger partial charge is 0.255 e. The van der Waals surface area contributed by atoms with Gasteiger partial charge in [-0.2, -0.15) is 0 Å². The number of amides is 1. The maximum Gasteiger partial charge on any atom is 0.255 e. The first-order valence-corrected chi connectivity index (χ1v) is 7.34. The monoisotopic (exact) mass is 300 g/mol. The number of rotatable bonds is 3. The van der Waals surface area contributed by atoms with E-state index in [1.165, 1.54) is 11.3 Å². The van der Waals surface area contributed by atoms with Crippen LogP contribution in [0.4, 0.5) is 0 Å². The van der Waals surface area contributed by atoms with Crippen LogP contribution in [0.25, 0.3) is 0 Å². The van der Waals surface area contributed by atoms with Crippen LogP contribution in [0.1, 0.15) is 26.5 Å². The molecule has 0 saturated carbocycles. The summed E-state index contributed by atoms with van der Waals surface area (Å²) in [6, 6.07) is 5.49. The van der Waals surface area contributed by atoms with Crippen molar-refractivity contribution in [1.82, 2.24) is 9.88 Å². The number of carbonyl (C=O) groups is 1. The van der Waals surface area contributed by atoms with Crippen molar-refractivity contribution >= 4 is 17.2 Å². The molecule has 21 heavy (non-hydrogen) atoms. The van der Waals surface area contributed by atoms with Crippen LogP contribution in [0.15, 0.2) is 29.8 Å². The predicted octanol–water partition coefficient (Wildman–Crippen LogP) is 2.07. The number of aromatic nitrogens is 1. The number of aryl methyl sites for hydroxylation is 1. The predicted molar refractivity (Wildman–Crippen MR) is 83.1 cm³/mol. The molecule has 0 aliphatic heterocycles. The molecule has 0 radical (unpaired) electrons. The molecule has 0 aliphatic rings. The topological polar surface area (TPSA) is 53.4 Å². The van der Waals surface area contributed by atoms with Crippen LogP contribution >= 0.6 is 11.3 Å². The minimum absolute atomic E-state index is 0.0465. The lowest BCUT2D eigenvalue weighted by atomic mass is 10.1. The Hall–Kier alpha value is -2.16. The molecule has 2 aromatic rings. The van der Waals surface area contributed by atoms with Crippen LogP contribution in [0, 0.1) is 18.8 Å². The lowest BCUT2D eigenvalue weighted by molar-refractivity contribution is 0.0784. The lowest BCUT2D eigenvalue weighted by Gasteiger charge is -2.17. The molecular formula is C16H16N2O2S. The van der Waals surface area contributed by atoms with E-state index in [4.69, 9.17) is 5.11 Å². The average Bonchev–Trinajstić information content (AvgIpc) is 2.92. The number of aliphatic hydroxyl groups is 1. The molecule has 2 rings (SSSR count). The molecule has 0 aliphatic carbocycles. The number of hydrogen-bond donors (Lipinski definition) is 1. The van der Waals surface area contributed by atoms with Gasteiger partial charge in [-0.25, -0.2) is 0 Å². The maximum absolute atomic E-state index is 12.4. The maximum atomic E-state index is 12.4. The summed E-state index contributed by atoms with van der Waals surface area (Å²) in [5.74, 6) is 5.43. The molecular weight excluding hydrogens is 284 g/mol. The molecule has 0 fully saturated rings. The molecule has 1 amide bonds. The van der Waals surface area contributed by atoms with Gasteiger partial charge in [-0.1, -0.05) is 11.8 Å². The van der Waals surface area contributed by atoms with Crippen molar-refractivity contribution in [3.05, 3.63) is 51.5 Å². The number of carbonyl (C=O) groups excluding carboxylic acids is 1. The van der Waals surface area contributed by atoms with Gasteiger partial charge in [-0.3, -0.25) is 9.78 Å².